The Morgan fingerprint density at radius 3 is 2.57 bits per heavy atom. The second-order valence-electron chi connectivity index (χ2n) is 7.00. The first-order chi connectivity index (χ1) is 13.3. The number of hydrogen-bond acceptors (Lipinski definition) is 5. The molecule has 3 rings (SSSR count). The van der Waals surface area contributed by atoms with Crippen molar-refractivity contribution < 1.29 is 18.3 Å². The highest BCUT2D eigenvalue weighted by Gasteiger charge is 2.33. The minimum absolute atomic E-state index is 0.0878. The zero-order valence-electron chi connectivity index (χ0n) is 15.3. The summed E-state index contributed by atoms with van der Waals surface area (Å²) in [6.07, 6.45) is -0.227. The van der Waals surface area contributed by atoms with Crippen LogP contribution in [-0.4, -0.2) is 55.2 Å². The molecule has 1 aliphatic heterocycles. The predicted molar refractivity (Wildman–Crippen MR) is 112 cm³/mol. The molecule has 0 aromatic heterocycles. The minimum Gasteiger partial charge on any atom is -0.491 e. The zero-order chi connectivity index (χ0) is 20.1. The maximum absolute atomic E-state index is 11.9. The Kier molecular flexibility index (Phi) is 7.23. The van der Waals surface area contributed by atoms with Gasteiger partial charge >= 0.3 is 0 Å². The van der Waals surface area contributed by atoms with Crippen LogP contribution in [0, 0.1) is 0 Å². The molecule has 1 heterocycles. The van der Waals surface area contributed by atoms with E-state index in [0.717, 1.165) is 5.56 Å². The van der Waals surface area contributed by atoms with Gasteiger partial charge in [0.1, 0.15) is 18.5 Å². The highest BCUT2D eigenvalue weighted by molar-refractivity contribution is 7.91. The molecule has 2 aromatic rings. The highest BCUT2D eigenvalue weighted by atomic mass is 35.5. The average Bonchev–Trinajstić information content (AvgIpc) is 3.02. The third kappa shape index (κ3) is 6.09. The van der Waals surface area contributed by atoms with Gasteiger partial charge in [-0.05, 0) is 36.2 Å². The molecule has 2 unspecified atom stereocenters. The first-order valence-electron chi connectivity index (χ1n) is 9.07. The monoisotopic (exact) mass is 443 g/mol. The van der Waals surface area contributed by atoms with Crippen molar-refractivity contribution in [1.82, 2.24) is 4.90 Å². The van der Waals surface area contributed by atoms with Crippen molar-refractivity contribution in [2.24, 2.45) is 0 Å². The van der Waals surface area contributed by atoms with Gasteiger partial charge in [0.05, 0.1) is 11.5 Å². The van der Waals surface area contributed by atoms with Crippen LogP contribution in [0.2, 0.25) is 10.0 Å². The van der Waals surface area contributed by atoms with E-state index in [1.165, 1.54) is 0 Å². The first-order valence-corrected chi connectivity index (χ1v) is 11.6. The number of aliphatic hydroxyl groups is 1. The molecule has 152 valence electrons. The van der Waals surface area contributed by atoms with Crippen LogP contribution in [0.25, 0.3) is 0 Å². The summed E-state index contributed by atoms with van der Waals surface area (Å²) in [6, 6.07) is 14.3. The fourth-order valence-corrected chi connectivity index (χ4v) is 5.54. The zero-order valence-corrected chi connectivity index (χ0v) is 17.6. The third-order valence-corrected chi connectivity index (χ3v) is 7.08. The second kappa shape index (κ2) is 9.46. The van der Waals surface area contributed by atoms with Crippen LogP contribution in [0.15, 0.2) is 48.5 Å². The van der Waals surface area contributed by atoms with Crippen LogP contribution in [0.3, 0.4) is 0 Å². The lowest BCUT2D eigenvalue weighted by molar-refractivity contribution is 0.0525. The number of rotatable bonds is 8. The fourth-order valence-electron chi connectivity index (χ4n) is 3.31. The molecule has 1 aliphatic rings. The molecule has 0 saturated carbocycles. The Bertz CT molecular complexity index is 892. The van der Waals surface area contributed by atoms with E-state index in [1.807, 2.05) is 41.3 Å². The maximum atomic E-state index is 11.9. The first kappa shape index (κ1) is 21.4. The van der Waals surface area contributed by atoms with Crippen LogP contribution in [0.4, 0.5) is 0 Å². The molecule has 2 atom stereocenters. The van der Waals surface area contributed by atoms with Crippen molar-refractivity contribution in [1.29, 1.82) is 0 Å². The van der Waals surface area contributed by atoms with Gasteiger partial charge < -0.3 is 9.84 Å². The van der Waals surface area contributed by atoms with Crippen molar-refractivity contribution in [2.75, 3.05) is 24.7 Å². The molecular formula is C20H23Cl2NO4S. The molecule has 0 bridgehead atoms. The number of halogens is 2. The van der Waals surface area contributed by atoms with Gasteiger partial charge in [-0.15, -0.1) is 0 Å². The predicted octanol–water partition coefficient (Wildman–Crippen LogP) is 3.42. The second-order valence-corrected chi connectivity index (χ2v) is 10.1. The standard InChI is InChI=1S/C20H23Cl2NO4S/c21-16-7-6-15(20(22)10-16)11-23(17-8-9-28(25,26)14-17)12-18(24)13-27-19-4-2-1-3-5-19/h1-7,10,17-18,24H,8-9,11-14H2. The van der Waals surface area contributed by atoms with Crippen molar-refractivity contribution in [3.63, 3.8) is 0 Å². The normalized spacial score (nSPS) is 19.6. The van der Waals surface area contributed by atoms with E-state index in [4.69, 9.17) is 27.9 Å². The molecule has 0 amide bonds. The van der Waals surface area contributed by atoms with E-state index < -0.39 is 15.9 Å². The fraction of sp³-hybridized carbons (Fsp3) is 0.400. The molecule has 1 saturated heterocycles. The Balaban J connectivity index is 1.68. The lowest BCUT2D eigenvalue weighted by atomic mass is 10.1. The van der Waals surface area contributed by atoms with E-state index in [2.05, 4.69) is 0 Å². The van der Waals surface area contributed by atoms with Crippen LogP contribution >= 0.6 is 23.2 Å². The van der Waals surface area contributed by atoms with Gasteiger partial charge in [0.2, 0.25) is 0 Å². The van der Waals surface area contributed by atoms with Gasteiger partial charge in [-0.2, -0.15) is 0 Å². The molecule has 5 nitrogen and oxygen atoms in total. The number of ether oxygens (including phenoxy) is 1. The summed E-state index contributed by atoms with van der Waals surface area (Å²) < 4.78 is 29.5. The summed E-state index contributed by atoms with van der Waals surface area (Å²) in [5, 5.41) is 11.6. The summed E-state index contributed by atoms with van der Waals surface area (Å²) >= 11 is 12.3. The van der Waals surface area contributed by atoms with Crippen LogP contribution < -0.4 is 4.74 Å². The third-order valence-electron chi connectivity index (χ3n) is 4.74. The number of nitrogens with zero attached hydrogens (tertiary/aromatic N) is 1. The summed E-state index contributed by atoms with van der Waals surface area (Å²) in [5.41, 5.74) is 0.839. The summed E-state index contributed by atoms with van der Waals surface area (Å²) in [4.78, 5) is 1.97. The molecule has 1 fully saturated rings. The van der Waals surface area contributed by atoms with Crippen LogP contribution in [0.1, 0.15) is 12.0 Å². The largest absolute Gasteiger partial charge is 0.491 e. The maximum Gasteiger partial charge on any atom is 0.151 e. The van der Waals surface area contributed by atoms with Gasteiger partial charge in [-0.3, -0.25) is 4.90 Å². The Labute approximate surface area is 175 Å². The summed E-state index contributed by atoms with van der Waals surface area (Å²) in [7, 11) is -3.05. The van der Waals surface area contributed by atoms with E-state index >= 15 is 0 Å². The quantitative estimate of drug-likeness (QED) is 0.676. The van der Waals surface area contributed by atoms with E-state index in [1.54, 1.807) is 12.1 Å². The molecular weight excluding hydrogens is 421 g/mol. The number of sulfone groups is 1. The van der Waals surface area contributed by atoms with E-state index in [-0.39, 0.29) is 30.7 Å². The van der Waals surface area contributed by atoms with Gasteiger partial charge in [0, 0.05) is 29.2 Å². The van der Waals surface area contributed by atoms with E-state index in [9.17, 15) is 13.5 Å². The number of aliphatic hydroxyl groups excluding tert-OH is 1. The summed E-state index contributed by atoms with van der Waals surface area (Å²) in [5.74, 6) is 0.932. The average molecular weight is 444 g/mol. The molecule has 0 radical (unpaired) electrons. The van der Waals surface area contributed by atoms with E-state index in [0.29, 0.717) is 28.8 Å². The van der Waals surface area contributed by atoms with Crippen molar-refractivity contribution in [2.45, 2.75) is 25.1 Å². The Morgan fingerprint density at radius 1 is 1.18 bits per heavy atom. The summed E-state index contributed by atoms with van der Waals surface area (Å²) in [6.45, 7) is 0.832. The van der Waals surface area contributed by atoms with Crippen LogP contribution in [-0.2, 0) is 16.4 Å². The smallest absolute Gasteiger partial charge is 0.151 e. The topological polar surface area (TPSA) is 66.8 Å². The van der Waals surface area contributed by atoms with Crippen molar-refractivity contribution in [3.05, 3.63) is 64.1 Å². The number of benzene rings is 2. The Morgan fingerprint density at radius 2 is 1.93 bits per heavy atom. The van der Waals surface area contributed by atoms with Gasteiger partial charge in [0.15, 0.2) is 9.84 Å². The van der Waals surface area contributed by atoms with Gasteiger partial charge in [0.25, 0.3) is 0 Å². The highest BCUT2D eigenvalue weighted by Crippen LogP contribution is 2.26. The molecule has 28 heavy (non-hydrogen) atoms. The van der Waals surface area contributed by atoms with Gasteiger partial charge in [-0.1, -0.05) is 47.5 Å². The lowest BCUT2D eigenvalue weighted by Crippen LogP contribution is -2.42. The Hall–Kier alpha value is -1.31. The molecule has 1 N–H and O–H groups in total. The SMILES string of the molecule is O=S1(=O)CCC(N(Cc2ccc(Cl)cc2Cl)CC(O)COc2ccccc2)C1. The molecule has 2 aromatic carbocycles. The number of hydrogen-bond donors (Lipinski definition) is 1. The molecule has 0 spiro atoms. The lowest BCUT2D eigenvalue weighted by Gasteiger charge is -2.30. The van der Waals surface area contributed by atoms with Crippen LogP contribution in [0.5, 0.6) is 5.75 Å². The molecule has 0 aliphatic carbocycles. The van der Waals surface area contributed by atoms with Crippen molar-refractivity contribution >= 4 is 33.0 Å². The number of para-hydroxylation sites is 1. The van der Waals surface area contributed by atoms with Gasteiger partial charge in [-0.25, -0.2) is 8.42 Å². The van der Waals surface area contributed by atoms with Crippen molar-refractivity contribution in [3.8, 4) is 5.75 Å². The molecule has 8 heteroatoms. The minimum atomic E-state index is -3.05.